The Labute approximate surface area is 108 Å². The molecule has 0 aromatic carbocycles. The average Bonchev–Trinajstić information content (AvgIpc) is 2.32. The van der Waals surface area contributed by atoms with Crippen LogP contribution in [0, 0.1) is 0 Å². The SMILES string of the molecule is C=CCN(CCC)c1cc(CNC)c(Cl)cn1. The van der Waals surface area contributed by atoms with E-state index < -0.39 is 0 Å². The van der Waals surface area contributed by atoms with Gasteiger partial charge in [0, 0.05) is 25.8 Å². The summed E-state index contributed by atoms with van der Waals surface area (Å²) in [5.74, 6) is 0.960. The van der Waals surface area contributed by atoms with Gasteiger partial charge in [-0.2, -0.15) is 0 Å². The van der Waals surface area contributed by atoms with Crippen LogP contribution in [0.15, 0.2) is 24.9 Å². The minimum atomic E-state index is 0.707. The molecule has 0 aliphatic rings. The van der Waals surface area contributed by atoms with Crippen molar-refractivity contribution in [2.24, 2.45) is 0 Å². The van der Waals surface area contributed by atoms with Crippen LogP contribution in [0.2, 0.25) is 5.02 Å². The van der Waals surface area contributed by atoms with Crippen molar-refractivity contribution in [2.75, 3.05) is 25.0 Å². The first-order valence-corrected chi connectivity index (χ1v) is 6.25. The molecule has 0 radical (unpaired) electrons. The van der Waals surface area contributed by atoms with Gasteiger partial charge in [-0.25, -0.2) is 4.98 Å². The van der Waals surface area contributed by atoms with Crippen molar-refractivity contribution < 1.29 is 0 Å². The predicted molar refractivity (Wildman–Crippen MR) is 74.7 cm³/mol. The summed E-state index contributed by atoms with van der Waals surface area (Å²) in [5, 5.41) is 3.81. The zero-order valence-corrected chi connectivity index (χ0v) is 11.3. The quantitative estimate of drug-likeness (QED) is 0.758. The van der Waals surface area contributed by atoms with Gasteiger partial charge in [-0.15, -0.1) is 6.58 Å². The molecule has 0 atom stereocenters. The van der Waals surface area contributed by atoms with E-state index in [0.717, 1.165) is 37.4 Å². The van der Waals surface area contributed by atoms with E-state index in [1.165, 1.54) is 0 Å². The van der Waals surface area contributed by atoms with Crippen LogP contribution in [-0.4, -0.2) is 25.1 Å². The van der Waals surface area contributed by atoms with E-state index in [1.807, 2.05) is 19.2 Å². The molecule has 0 unspecified atom stereocenters. The highest BCUT2D eigenvalue weighted by Gasteiger charge is 2.08. The maximum absolute atomic E-state index is 6.09. The van der Waals surface area contributed by atoms with Crippen LogP contribution in [-0.2, 0) is 6.54 Å². The van der Waals surface area contributed by atoms with Crippen molar-refractivity contribution in [3.8, 4) is 0 Å². The van der Waals surface area contributed by atoms with E-state index in [-0.39, 0.29) is 0 Å². The first-order chi connectivity index (χ1) is 8.22. The minimum Gasteiger partial charge on any atom is -0.353 e. The molecular weight excluding hydrogens is 234 g/mol. The molecule has 1 aromatic heterocycles. The fourth-order valence-electron chi connectivity index (χ4n) is 1.69. The maximum Gasteiger partial charge on any atom is 0.129 e. The molecule has 0 bridgehead atoms. The highest BCUT2D eigenvalue weighted by Crippen LogP contribution is 2.20. The van der Waals surface area contributed by atoms with Crippen molar-refractivity contribution >= 4 is 17.4 Å². The van der Waals surface area contributed by atoms with Crippen LogP contribution in [0.3, 0.4) is 0 Å². The Hall–Kier alpha value is -1.06. The van der Waals surface area contributed by atoms with Gasteiger partial charge in [-0.1, -0.05) is 24.6 Å². The van der Waals surface area contributed by atoms with Gasteiger partial charge in [0.05, 0.1) is 5.02 Å². The number of nitrogens with one attached hydrogen (secondary N) is 1. The summed E-state index contributed by atoms with van der Waals surface area (Å²) in [6.07, 6.45) is 4.69. The molecule has 0 aliphatic heterocycles. The van der Waals surface area contributed by atoms with Crippen LogP contribution < -0.4 is 10.2 Å². The summed E-state index contributed by atoms with van der Waals surface area (Å²) in [7, 11) is 1.91. The molecule has 1 N–H and O–H groups in total. The summed E-state index contributed by atoms with van der Waals surface area (Å²) in [6, 6.07) is 2.04. The number of nitrogens with zero attached hydrogens (tertiary/aromatic N) is 2. The van der Waals surface area contributed by atoms with Crippen molar-refractivity contribution in [3.63, 3.8) is 0 Å². The number of halogens is 1. The predicted octanol–water partition coefficient (Wildman–Crippen LogP) is 2.86. The van der Waals surface area contributed by atoms with Gasteiger partial charge >= 0.3 is 0 Å². The Bertz CT molecular complexity index is 366. The van der Waals surface area contributed by atoms with Crippen LogP contribution in [0.25, 0.3) is 0 Å². The molecule has 0 fully saturated rings. The standard InChI is InChI=1S/C13H20ClN3/c1-4-6-17(7-5-2)13-8-11(9-15-3)12(14)10-16-13/h4,8,10,15H,1,5-7,9H2,2-3H3. The van der Waals surface area contributed by atoms with Gasteiger partial charge in [0.25, 0.3) is 0 Å². The molecule has 17 heavy (non-hydrogen) atoms. The highest BCUT2D eigenvalue weighted by atomic mass is 35.5. The summed E-state index contributed by atoms with van der Waals surface area (Å²) >= 11 is 6.09. The van der Waals surface area contributed by atoms with Gasteiger partial charge in [0.1, 0.15) is 5.82 Å². The van der Waals surface area contributed by atoms with Crippen molar-refractivity contribution in [1.29, 1.82) is 0 Å². The van der Waals surface area contributed by atoms with Gasteiger partial charge in [-0.3, -0.25) is 0 Å². The number of aromatic nitrogens is 1. The number of hydrogen-bond donors (Lipinski definition) is 1. The summed E-state index contributed by atoms with van der Waals surface area (Å²) < 4.78 is 0. The topological polar surface area (TPSA) is 28.2 Å². The Morgan fingerprint density at radius 1 is 1.59 bits per heavy atom. The molecule has 0 saturated heterocycles. The van der Waals surface area contributed by atoms with E-state index >= 15 is 0 Å². The molecule has 4 heteroatoms. The second kappa shape index (κ2) is 7.30. The Morgan fingerprint density at radius 2 is 2.35 bits per heavy atom. The first-order valence-electron chi connectivity index (χ1n) is 5.87. The third-order valence-corrected chi connectivity index (χ3v) is 2.79. The summed E-state index contributed by atoms with van der Waals surface area (Å²) in [6.45, 7) is 8.46. The van der Waals surface area contributed by atoms with Crippen LogP contribution in [0.5, 0.6) is 0 Å². The van der Waals surface area contributed by atoms with Gasteiger partial charge in [-0.05, 0) is 25.1 Å². The Morgan fingerprint density at radius 3 is 2.94 bits per heavy atom. The zero-order chi connectivity index (χ0) is 12.7. The lowest BCUT2D eigenvalue weighted by Crippen LogP contribution is -2.25. The second-order valence-corrected chi connectivity index (χ2v) is 4.31. The first kappa shape index (κ1) is 14.0. The fraction of sp³-hybridized carbons (Fsp3) is 0.462. The third-order valence-electron chi connectivity index (χ3n) is 2.45. The smallest absolute Gasteiger partial charge is 0.129 e. The normalized spacial score (nSPS) is 10.3. The largest absolute Gasteiger partial charge is 0.353 e. The molecule has 3 nitrogen and oxygen atoms in total. The van der Waals surface area contributed by atoms with Gasteiger partial charge in [0.2, 0.25) is 0 Å². The fourth-order valence-corrected chi connectivity index (χ4v) is 1.86. The molecule has 1 rings (SSSR count). The number of anilines is 1. The molecule has 1 heterocycles. The zero-order valence-electron chi connectivity index (χ0n) is 10.5. The van der Waals surface area contributed by atoms with Gasteiger partial charge < -0.3 is 10.2 Å². The molecule has 94 valence electrons. The van der Waals surface area contributed by atoms with E-state index in [2.05, 4.69) is 28.7 Å². The van der Waals surface area contributed by atoms with E-state index in [4.69, 9.17) is 11.6 Å². The lowest BCUT2D eigenvalue weighted by atomic mass is 10.2. The molecule has 0 amide bonds. The Balaban J connectivity index is 2.94. The molecular formula is C13H20ClN3. The van der Waals surface area contributed by atoms with Gasteiger partial charge in [0.15, 0.2) is 0 Å². The number of hydrogen-bond acceptors (Lipinski definition) is 3. The van der Waals surface area contributed by atoms with Crippen molar-refractivity contribution in [2.45, 2.75) is 19.9 Å². The second-order valence-electron chi connectivity index (χ2n) is 3.90. The summed E-state index contributed by atoms with van der Waals surface area (Å²) in [4.78, 5) is 6.57. The number of pyridine rings is 1. The Kier molecular flexibility index (Phi) is 6.01. The molecule has 1 aromatic rings. The van der Waals surface area contributed by atoms with E-state index in [0.29, 0.717) is 5.02 Å². The van der Waals surface area contributed by atoms with Crippen LogP contribution >= 0.6 is 11.6 Å². The molecule has 0 aliphatic carbocycles. The summed E-state index contributed by atoms with van der Waals surface area (Å²) in [5.41, 5.74) is 1.07. The number of rotatable bonds is 7. The lowest BCUT2D eigenvalue weighted by Gasteiger charge is -2.22. The van der Waals surface area contributed by atoms with E-state index in [9.17, 15) is 0 Å². The molecule has 0 saturated carbocycles. The highest BCUT2D eigenvalue weighted by molar-refractivity contribution is 6.31. The van der Waals surface area contributed by atoms with Crippen molar-refractivity contribution in [3.05, 3.63) is 35.5 Å². The van der Waals surface area contributed by atoms with Crippen LogP contribution in [0.1, 0.15) is 18.9 Å². The van der Waals surface area contributed by atoms with Crippen LogP contribution in [0.4, 0.5) is 5.82 Å². The van der Waals surface area contributed by atoms with E-state index in [1.54, 1.807) is 6.20 Å². The average molecular weight is 254 g/mol. The lowest BCUT2D eigenvalue weighted by molar-refractivity contribution is 0.790. The monoisotopic (exact) mass is 253 g/mol. The molecule has 0 spiro atoms. The minimum absolute atomic E-state index is 0.707. The van der Waals surface area contributed by atoms with Crippen molar-refractivity contribution in [1.82, 2.24) is 10.3 Å². The third kappa shape index (κ3) is 4.02. The maximum atomic E-state index is 6.09.